The third kappa shape index (κ3) is 33.0. The summed E-state index contributed by atoms with van der Waals surface area (Å²) in [5.74, 6) is -5.83. The van der Waals surface area contributed by atoms with Gasteiger partial charge in [-0.05, 0) is 370 Å². The van der Waals surface area contributed by atoms with Gasteiger partial charge in [-0.2, -0.15) is 8.78 Å². The van der Waals surface area contributed by atoms with E-state index < -0.39 is 57.0 Å². The third-order valence-corrected chi connectivity index (χ3v) is 24.1. The van der Waals surface area contributed by atoms with E-state index in [1.807, 2.05) is 162 Å². The first-order valence-electron chi connectivity index (χ1n) is 50.3. The fraction of sp³-hybridized carbons (Fsp3) is 0.694. The molecule has 138 heavy (non-hydrogen) atoms. The summed E-state index contributed by atoms with van der Waals surface area (Å²) in [6, 6.07) is 22.3. The molecule has 5 atom stereocenters. The number of aromatic nitrogens is 15. The van der Waals surface area contributed by atoms with Crippen molar-refractivity contribution in [2.24, 2.45) is 5.92 Å². The molecule has 30 heteroatoms. The lowest BCUT2D eigenvalue weighted by Gasteiger charge is -2.30. The second kappa shape index (κ2) is 46.0. The van der Waals surface area contributed by atoms with Gasteiger partial charge in [-0.25, -0.2) is 47.0 Å². The van der Waals surface area contributed by atoms with Crippen LogP contribution in [0.2, 0.25) is 0 Å². The molecule has 0 saturated carbocycles. The average Bonchev–Trinajstić information content (AvgIpc) is 1.61. The second-order valence-electron chi connectivity index (χ2n) is 48.0. The standard InChI is InChI=1S/C24H34FN3O2.C24H35N3O3.C24H35N3O2.C18H29F2N3O2.C18H31N3O3/c1-22(2,3)28-19-10-8-7-9-15-24(25,20(19)26-27-28)16-17-11-13-18(14-12-17)21(29)30-23(4,5)6;1-23(2,3)27-19-10-8-7-9-11-20(21(19)25-26-27)29-16-17-12-14-18(15-13-17)22(28)30-24(4,5)6;1-23(2,3)27-20-11-9-7-8-10-19(21(20)25-26-27)16-17-12-14-18(15-13-17)22(28)29-24(4,5)6;1-16(2,3)23-13-10-8-7-9-12(11-14(24)25-17(4,5)6)18(19,20)15(13)21-22-23;1-17(2,3)21-13-10-8-7-9-11-14(16(13)19-20-21)23-12-15(22)24-18(4,5)6/h11-14H,7-10,15-16H2,1-6H3;12-15,20H,7-11,16H2,1-6H3;12-15,19H,7-11,16H2,1-6H3;12H,7-11H2,1-6H3;14H,7-12H2,1-6H3. The molecule has 5 heterocycles. The van der Waals surface area contributed by atoms with Gasteiger partial charge in [0.1, 0.15) is 63.9 Å². The number of rotatable bonds is 15. The molecule has 0 saturated heterocycles. The number of fused-ring (bicyclic) bond motifs is 5. The van der Waals surface area contributed by atoms with Crippen molar-refractivity contribution in [2.75, 3.05) is 6.61 Å². The van der Waals surface area contributed by atoms with Crippen molar-refractivity contribution in [2.45, 2.75) is 473 Å². The third-order valence-electron chi connectivity index (χ3n) is 24.1. The van der Waals surface area contributed by atoms with Crippen LogP contribution >= 0.6 is 0 Å². The SMILES string of the molecule is CC(C)(C)OC(=O)CC1CCCCc2c(nnn2C(C)(C)C)C1(F)F.CC(C)(C)OC(=O)COC1CCCCCc2c1nnn2C(C)(C)C.CC(C)(C)OC(=O)c1ccc(CC2(F)CCCCCc3c2nnn3C(C)(C)C)cc1.CC(C)(C)OC(=O)c1ccc(CC2CCCCCc3c2nnn3C(C)(C)C)cc1.CC(C)(C)OC(=O)c1ccc(COC2CCCCCc3c2nnn3C(C)(C)C)cc1. The minimum absolute atomic E-state index is 0.0518. The van der Waals surface area contributed by atoms with Gasteiger partial charge < -0.3 is 33.2 Å². The highest BCUT2D eigenvalue weighted by molar-refractivity contribution is 5.91. The summed E-state index contributed by atoms with van der Waals surface area (Å²) in [6.07, 6.45) is 23.3. The number of nitrogens with zero attached hydrogens (tertiary/aromatic N) is 15. The van der Waals surface area contributed by atoms with Gasteiger partial charge in [0.25, 0.3) is 5.92 Å². The van der Waals surface area contributed by atoms with Gasteiger partial charge >= 0.3 is 29.8 Å². The predicted octanol–water partition coefficient (Wildman–Crippen LogP) is 24.1. The summed E-state index contributed by atoms with van der Waals surface area (Å²) in [7, 11) is 0. The smallest absolute Gasteiger partial charge is 0.338 e. The lowest BCUT2D eigenvalue weighted by Crippen LogP contribution is -2.34. The Balaban J connectivity index is 0.000000194. The van der Waals surface area contributed by atoms with Crippen molar-refractivity contribution in [3.63, 3.8) is 0 Å². The number of halogens is 3. The summed E-state index contributed by atoms with van der Waals surface area (Å²) >= 11 is 0. The zero-order valence-corrected chi connectivity index (χ0v) is 89.0. The molecule has 0 amide bonds. The number of hydrogen-bond acceptors (Lipinski definition) is 22. The Kier molecular flexibility index (Phi) is 37.3. The molecule has 3 aromatic carbocycles. The van der Waals surface area contributed by atoms with E-state index in [4.69, 9.17) is 33.2 Å². The Morgan fingerprint density at radius 3 is 1.07 bits per heavy atom. The van der Waals surface area contributed by atoms with Crippen LogP contribution in [0.1, 0.15) is 459 Å². The molecule has 0 radical (unpaired) electrons. The molecule has 0 fully saturated rings. The first-order valence-corrected chi connectivity index (χ1v) is 50.3. The molecule has 8 aromatic rings. The van der Waals surface area contributed by atoms with Gasteiger partial charge in [-0.1, -0.05) is 114 Å². The van der Waals surface area contributed by atoms with E-state index in [1.54, 1.807) is 49.7 Å². The summed E-state index contributed by atoms with van der Waals surface area (Å²) < 4.78 is 95.4. The van der Waals surface area contributed by atoms with E-state index in [0.717, 1.165) is 149 Å². The predicted molar refractivity (Wildman–Crippen MR) is 529 cm³/mol. The van der Waals surface area contributed by atoms with Crippen LogP contribution in [-0.4, -0.2) is 139 Å². The fourth-order valence-electron chi connectivity index (χ4n) is 17.9. The van der Waals surface area contributed by atoms with E-state index in [2.05, 4.69) is 144 Å². The normalized spacial score (nSPS) is 19.2. The molecule has 0 N–H and O–H groups in total. The Morgan fingerprint density at radius 1 is 0.333 bits per heavy atom. The summed E-state index contributed by atoms with van der Waals surface area (Å²) in [5.41, 5.74) is 7.74. The quantitative estimate of drug-likeness (QED) is 0.0680. The highest BCUT2D eigenvalue weighted by Crippen LogP contribution is 2.46. The number of hydrogen-bond donors (Lipinski definition) is 0. The minimum atomic E-state index is -3.20. The van der Waals surface area contributed by atoms with E-state index in [-0.39, 0.29) is 89.8 Å². The van der Waals surface area contributed by atoms with Crippen molar-refractivity contribution in [1.29, 1.82) is 0 Å². The van der Waals surface area contributed by atoms with Gasteiger partial charge in [0.2, 0.25) is 0 Å². The Labute approximate surface area is 819 Å². The van der Waals surface area contributed by atoms with Crippen LogP contribution in [0.4, 0.5) is 13.2 Å². The molecule has 0 aliphatic heterocycles. The number of carbonyl (C=O) groups excluding carboxylic acids is 5. The monoisotopic (exact) mass is 1920 g/mol. The zero-order valence-electron chi connectivity index (χ0n) is 89.0. The van der Waals surface area contributed by atoms with Crippen molar-refractivity contribution in [3.05, 3.63) is 163 Å². The largest absolute Gasteiger partial charge is 0.460 e. The van der Waals surface area contributed by atoms with Crippen LogP contribution < -0.4 is 0 Å². The minimum Gasteiger partial charge on any atom is -0.460 e. The Bertz CT molecular complexity index is 5290. The maximum atomic E-state index is 16.4. The first-order chi connectivity index (χ1) is 63.9. The van der Waals surface area contributed by atoms with E-state index in [1.165, 1.54) is 42.6 Å². The molecule has 5 aliphatic carbocycles. The molecule has 13 rings (SSSR count). The van der Waals surface area contributed by atoms with Gasteiger partial charge in [0.15, 0.2) is 11.4 Å². The zero-order chi connectivity index (χ0) is 102. The van der Waals surface area contributed by atoms with Crippen LogP contribution in [0, 0.1) is 5.92 Å². The molecule has 5 aromatic heterocycles. The molecule has 5 aliphatic rings. The van der Waals surface area contributed by atoms with Crippen molar-refractivity contribution >= 4 is 29.8 Å². The molecule has 0 spiro atoms. The van der Waals surface area contributed by atoms with Crippen LogP contribution in [0.15, 0.2) is 72.8 Å². The van der Waals surface area contributed by atoms with Crippen molar-refractivity contribution in [1.82, 2.24) is 75.0 Å². The summed E-state index contributed by atoms with van der Waals surface area (Å²) in [4.78, 5) is 60.7. The Hall–Kier alpha value is -9.58. The lowest BCUT2D eigenvalue weighted by molar-refractivity contribution is -0.163. The van der Waals surface area contributed by atoms with Crippen LogP contribution in [0.5, 0.6) is 0 Å². The van der Waals surface area contributed by atoms with Gasteiger partial charge in [0, 0.05) is 18.3 Å². The number of benzene rings is 3. The summed E-state index contributed by atoms with van der Waals surface area (Å²) in [5, 5.41) is 43.3. The van der Waals surface area contributed by atoms with Crippen molar-refractivity contribution in [3.8, 4) is 0 Å². The first kappa shape index (κ1) is 112. The van der Waals surface area contributed by atoms with Gasteiger partial charge in [0.05, 0.1) is 91.6 Å². The molecule has 27 nitrogen and oxygen atoms in total. The maximum Gasteiger partial charge on any atom is 0.338 e. The topological polar surface area (TPSA) is 304 Å². The van der Waals surface area contributed by atoms with Crippen LogP contribution in [-0.2, 0) is 134 Å². The highest BCUT2D eigenvalue weighted by atomic mass is 19.3. The number of esters is 5. The van der Waals surface area contributed by atoms with E-state index >= 15 is 13.2 Å². The van der Waals surface area contributed by atoms with Crippen LogP contribution in [0.3, 0.4) is 0 Å². The highest BCUT2D eigenvalue weighted by Gasteiger charge is 2.49. The fourth-order valence-corrected chi connectivity index (χ4v) is 17.9. The number of alkyl halides is 3. The lowest BCUT2D eigenvalue weighted by atomic mass is 9.84. The average molecular weight is 1920 g/mol. The van der Waals surface area contributed by atoms with Gasteiger partial charge in [-0.15, -0.1) is 25.5 Å². The molecular weight excluding hydrogens is 1760 g/mol. The molecule has 5 unspecified atom stereocenters. The van der Waals surface area contributed by atoms with E-state index in [0.29, 0.717) is 59.9 Å². The van der Waals surface area contributed by atoms with E-state index in [9.17, 15) is 24.0 Å². The molecular formula is C108H164F3N15O12. The maximum absolute atomic E-state index is 16.4. The summed E-state index contributed by atoms with van der Waals surface area (Å²) in [6.45, 7) is 59.3. The van der Waals surface area contributed by atoms with Crippen LogP contribution in [0.25, 0.3) is 0 Å². The Morgan fingerprint density at radius 2 is 0.652 bits per heavy atom. The van der Waals surface area contributed by atoms with Gasteiger partial charge in [-0.3, -0.25) is 4.79 Å². The van der Waals surface area contributed by atoms with Crippen molar-refractivity contribution < 1.29 is 70.3 Å². The molecule has 0 bridgehead atoms. The second-order valence-corrected chi connectivity index (χ2v) is 48.0. The number of carbonyl (C=O) groups is 5. The number of ether oxygens (including phenoxy) is 7. The molecule has 764 valence electrons.